The van der Waals surface area contributed by atoms with Crippen LogP contribution in [-0.4, -0.2) is 31.3 Å². The van der Waals surface area contributed by atoms with Gasteiger partial charge in [-0.3, -0.25) is 0 Å². The highest BCUT2D eigenvalue weighted by atomic mass is 16.5. The Hall–Kier alpha value is -0.120. The van der Waals surface area contributed by atoms with Crippen LogP contribution in [0.25, 0.3) is 0 Å². The molecule has 0 radical (unpaired) electrons. The first-order valence-electron chi connectivity index (χ1n) is 6.76. The summed E-state index contributed by atoms with van der Waals surface area (Å²) in [6, 6.07) is 0.463. The number of nitrogens with two attached hydrogens (primary N) is 1. The quantitative estimate of drug-likeness (QED) is 0.769. The van der Waals surface area contributed by atoms with Crippen molar-refractivity contribution in [2.24, 2.45) is 11.7 Å². The van der Waals surface area contributed by atoms with E-state index in [0.717, 1.165) is 25.7 Å². The van der Waals surface area contributed by atoms with Gasteiger partial charge < -0.3 is 15.8 Å². The smallest absolute Gasteiger partial charge is 0.0645 e. The first-order chi connectivity index (χ1) is 7.68. The maximum atomic E-state index is 5.92. The van der Waals surface area contributed by atoms with Crippen molar-refractivity contribution < 1.29 is 4.74 Å². The number of nitrogens with one attached hydrogen (secondary N) is 1. The number of hydrogen-bond acceptors (Lipinski definition) is 3. The van der Waals surface area contributed by atoms with Gasteiger partial charge in [0.15, 0.2) is 0 Å². The molecule has 0 amide bonds. The van der Waals surface area contributed by atoms with Gasteiger partial charge in [-0.1, -0.05) is 0 Å². The zero-order valence-corrected chi connectivity index (χ0v) is 10.5. The molecule has 1 unspecified atom stereocenters. The Morgan fingerprint density at radius 1 is 1.31 bits per heavy atom. The second kappa shape index (κ2) is 5.48. The molecular weight excluding hydrogens is 200 g/mol. The van der Waals surface area contributed by atoms with Gasteiger partial charge in [-0.15, -0.1) is 0 Å². The van der Waals surface area contributed by atoms with Crippen LogP contribution < -0.4 is 11.1 Å². The minimum Gasteiger partial charge on any atom is -0.380 e. The van der Waals surface area contributed by atoms with Crippen LogP contribution >= 0.6 is 0 Å². The number of rotatable bonds is 3. The predicted octanol–water partition coefficient (Wildman–Crippen LogP) is 1.66. The average Bonchev–Trinajstić information content (AvgIpc) is 2.29. The van der Waals surface area contributed by atoms with Crippen molar-refractivity contribution in [2.75, 3.05) is 19.8 Å². The number of ether oxygens (including phenoxy) is 1. The van der Waals surface area contributed by atoms with Crippen LogP contribution in [-0.2, 0) is 4.74 Å². The summed E-state index contributed by atoms with van der Waals surface area (Å²) in [5, 5.41) is 3.72. The molecule has 2 rings (SSSR count). The standard InChI is InChI=1S/C13H26N2O/c1-13(7-2-8-16-10-13)15-9-11-3-5-12(14)6-4-11/h11-12,15H,2-10,14H2,1H3. The molecule has 1 saturated carbocycles. The van der Waals surface area contributed by atoms with E-state index in [2.05, 4.69) is 12.2 Å². The SMILES string of the molecule is CC1(NCC2CCC(N)CC2)CCCOC1. The molecule has 0 aromatic rings. The van der Waals surface area contributed by atoms with Crippen molar-refractivity contribution >= 4 is 0 Å². The van der Waals surface area contributed by atoms with E-state index in [4.69, 9.17) is 10.5 Å². The number of hydrogen-bond donors (Lipinski definition) is 2. The molecule has 1 aliphatic heterocycles. The third-order valence-corrected chi connectivity index (χ3v) is 4.15. The molecule has 1 aliphatic carbocycles. The second-order valence-electron chi connectivity index (χ2n) is 5.88. The average molecular weight is 226 g/mol. The topological polar surface area (TPSA) is 47.3 Å². The Bertz CT molecular complexity index is 206. The van der Waals surface area contributed by atoms with E-state index in [1.165, 1.54) is 38.5 Å². The molecule has 16 heavy (non-hydrogen) atoms. The van der Waals surface area contributed by atoms with E-state index in [0.29, 0.717) is 6.04 Å². The van der Waals surface area contributed by atoms with E-state index < -0.39 is 0 Å². The Labute approximate surface area is 99.1 Å². The summed E-state index contributed by atoms with van der Waals surface area (Å²) in [6.07, 6.45) is 7.45. The molecule has 3 nitrogen and oxygen atoms in total. The van der Waals surface area contributed by atoms with Crippen LogP contribution in [0.3, 0.4) is 0 Å². The Balaban J connectivity index is 1.70. The molecule has 0 aromatic carbocycles. The summed E-state index contributed by atoms with van der Waals surface area (Å²) in [7, 11) is 0. The van der Waals surface area contributed by atoms with Gasteiger partial charge in [0.1, 0.15) is 0 Å². The highest BCUT2D eigenvalue weighted by Crippen LogP contribution is 2.24. The lowest BCUT2D eigenvalue weighted by atomic mass is 9.85. The van der Waals surface area contributed by atoms with Crippen molar-refractivity contribution in [3.8, 4) is 0 Å². The second-order valence-corrected chi connectivity index (χ2v) is 5.88. The van der Waals surface area contributed by atoms with Crippen molar-refractivity contribution in [3.05, 3.63) is 0 Å². The van der Waals surface area contributed by atoms with Crippen LogP contribution in [0.2, 0.25) is 0 Å². The van der Waals surface area contributed by atoms with E-state index in [-0.39, 0.29) is 5.54 Å². The van der Waals surface area contributed by atoms with Gasteiger partial charge in [0.25, 0.3) is 0 Å². The third-order valence-electron chi connectivity index (χ3n) is 4.15. The zero-order chi connectivity index (χ0) is 11.4. The lowest BCUT2D eigenvalue weighted by Crippen LogP contribution is -2.50. The molecule has 1 atom stereocenters. The van der Waals surface area contributed by atoms with Crippen molar-refractivity contribution in [3.63, 3.8) is 0 Å². The highest BCUT2D eigenvalue weighted by molar-refractivity contribution is 4.87. The lowest BCUT2D eigenvalue weighted by Gasteiger charge is -2.37. The monoisotopic (exact) mass is 226 g/mol. The van der Waals surface area contributed by atoms with Crippen molar-refractivity contribution in [1.82, 2.24) is 5.32 Å². The van der Waals surface area contributed by atoms with E-state index >= 15 is 0 Å². The summed E-state index contributed by atoms with van der Waals surface area (Å²) in [4.78, 5) is 0. The molecule has 2 aliphatic rings. The summed E-state index contributed by atoms with van der Waals surface area (Å²) < 4.78 is 5.56. The van der Waals surface area contributed by atoms with E-state index in [1.807, 2.05) is 0 Å². The molecule has 1 heterocycles. The molecule has 0 spiro atoms. The van der Waals surface area contributed by atoms with Gasteiger partial charge >= 0.3 is 0 Å². The van der Waals surface area contributed by atoms with Crippen molar-refractivity contribution in [2.45, 2.75) is 57.0 Å². The Morgan fingerprint density at radius 2 is 2.06 bits per heavy atom. The summed E-state index contributed by atoms with van der Waals surface area (Å²) in [5.41, 5.74) is 6.14. The minimum atomic E-state index is 0.220. The van der Waals surface area contributed by atoms with Gasteiger partial charge in [-0.25, -0.2) is 0 Å². The molecule has 0 aromatic heterocycles. The molecule has 1 saturated heterocycles. The van der Waals surface area contributed by atoms with Gasteiger partial charge in [0.05, 0.1) is 6.61 Å². The molecule has 94 valence electrons. The highest BCUT2D eigenvalue weighted by Gasteiger charge is 2.28. The third kappa shape index (κ3) is 3.44. The normalized spacial score (nSPS) is 40.9. The largest absolute Gasteiger partial charge is 0.380 e. The first-order valence-corrected chi connectivity index (χ1v) is 6.76. The lowest BCUT2D eigenvalue weighted by molar-refractivity contribution is 0.0260. The van der Waals surface area contributed by atoms with Gasteiger partial charge in [-0.05, 0) is 57.9 Å². The van der Waals surface area contributed by atoms with Crippen LogP contribution in [0.1, 0.15) is 45.4 Å². The molecule has 0 bridgehead atoms. The van der Waals surface area contributed by atoms with Gasteiger partial charge in [0.2, 0.25) is 0 Å². The summed E-state index contributed by atoms with van der Waals surface area (Å²) >= 11 is 0. The predicted molar refractivity (Wildman–Crippen MR) is 66.4 cm³/mol. The van der Waals surface area contributed by atoms with Crippen LogP contribution in [0.15, 0.2) is 0 Å². The fourth-order valence-corrected chi connectivity index (χ4v) is 2.86. The van der Waals surface area contributed by atoms with E-state index in [9.17, 15) is 0 Å². The van der Waals surface area contributed by atoms with Crippen LogP contribution in [0.4, 0.5) is 0 Å². The molecular formula is C13H26N2O. The summed E-state index contributed by atoms with van der Waals surface area (Å²) in [6.45, 7) is 5.25. The minimum absolute atomic E-state index is 0.220. The summed E-state index contributed by atoms with van der Waals surface area (Å²) in [5.74, 6) is 0.832. The first kappa shape index (κ1) is 12.3. The molecule has 3 N–H and O–H groups in total. The molecule has 3 heteroatoms. The van der Waals surface area contributed by atoms with E-state index in [1.54, 1.807) is 0 Å². The van der Waals surface area contributed by atoms with Crippen molar-refractivity contribution in [1.29, 1.82) is 0 Å². The van der Waals surface area contributed by atoms with Gasteiger partial charge in [0, 0.05) is 18.2 Å². The van der Waals surface area contributed by atoms with Crippen LogP contribution in [0.5, 0.6) is 0 Å². The Kier molecular flexibility index (Phi) is 4.22. The molecule has 2 fully saturated rings. The fraction of sp³-hybridized carbons (Fsp3) is 1.00. The van der Waals surface area contributed by atoms with Gasteiger partial charge in [-0.2, -0.15) is 0 Å². The maximum absolute atomic E-state index is 5.92. The fourth-order valence-electron chi connectivity index (χ4n) is 2.86. The van der Waals surface area contributed by atoms with Crippen LogP contribution in [0, 0.1) is 5.92 Å². The maximum Gasteiger partial charge on any atom is 0.0645 e. The zero-order valence-electron chi connectivity index (χ0n) is 10.5. The Morgan fingerprint density at radius 3 is 2.69 bits per heavy atom.